The molecule has 2 rings (SSSR count). The van der Waals surface area contributed by atoms with Crippen LogP contribution in [0.1, 0.15) is 76.0 Å². The first-order valence-electron chi connectivity index (χ1n) is 9.41. The summed E-state index contributed by atoms with van der Waals surface area (Å²) in [5.41, 5.74) is 3.43. The lowest BCUT2D eigenvalue weighted by atomic mass is 9.89. The largest absolute Gasteiger partial charge is 0.497 e. The van der Waals surface area contributed by atoms with E-state index in [9.17, 15) is 8.42 Å². The Hall–Kier alpha value is -2.01. The number of nitrogens with one attached hydrogen (secondary N) is 1. The topological polar surface area (TPSA) is 55.4 Å². The van der Waals surface area contributed by atoms with Crippen molar-refractivity contribution < 1.29 is 13.2 Å². The zero-order valence-corrected chi connectivity index (χ0v) is 18.1. The minimum atomic E-state index is -3.72. The van der Waals surface area contributed by atoms with Gasteiger partial charge in [-0.1, -0.05) is 53.7 Å². The van der Waals surface area contributed by atoms with Crippen LogP contribution < -0.4 is 9.46 Å². The summed E-state index contributed by atoms with van der Waals surface area (Å²) in [4.78, 5) is 0.410. The van der Waals surface area contributed by atoms with Gasteiger partial charge in [-0.25, -0.2) is 8.42 Å². The zero-order valence-electron chi connectivity index (χ0n) is 17.3. The average Bonchev–Trinajstić information content (AvgIpc) is 2.60. The summed E-state index contributed by atoms with van der Waals surface area (Å²) in [6.45, 7) is 12.4. The molecular formula is C22H31NO3S. The summed E-state index contributed by atoms with van der Waals surface area (Å²) < 4.78 is 34.6. The van der Waals surface area contributed by atoms with Crippen LogP contribution >= 0.6 is 0 Å². The van der Waals surface area contributed by atoms with E-state index >= 15 is 0 Å². The maximum atomic E-state index is 13.3. The molecule has 0 heterocycles. The van der Waals surface area contributed by atoms with Crippen LogP contribution in [0.25, 0.3) is 0 Å². The van der Waals surface area contributed by atoms with Gasteiger partial charge in [0.1, 0.15) is 5.75 Å². The number of methoxy groups -OCH3 is 1. The first-order valence-corrected chi connectivity index (χ1v) is 10.9. The Kier molecular flexibility index (Phi) is 6.58. The summed E-state index contributed by atoms with van der Waals surface area (Å²) in [6, 6.07) is 11.0. The predicted molar refractivity (Wildman–Crippen MR) is 113 cm³/mol. The third-order valence-electron chi connectivity index (χ3n) is 4.69. The van der Waals surface area contributed by atoms with Crippen LogP contribution in [0, 0.1) is 0 Å². The molecule has 0 unspecified atom stereocenters. The number of benzene rings is 2. The van der Waals surface area contributed by atoms with E-state index in [1.54, 1.807) is 31.4 Å². The molecule has 0 radical (unpaired) electrons. The van der Waals surface area contributed by atoms with Gasteiger partial charge in [0.05, 0.1) is 12.0 Å². The molecule has 148 valence electrons. The molecule has 0 spiro atoms. The van der Waals surface area contributed by atoms with Crippen molar-refractivity contribution in [1.82, 2.24) is 0 Å². The van der Waals surface area contributed by atoms with E-state index < -0.39 is 10.0 Å². The molecule has 1 N–H and O–H groups in total. The molecule has 0 saturated heterocycles. The van der Waals surface area contributed by atoms with Gasteiger partial charge in [-0.05, 0) is 58.7 Å². The molecule has 0 aliphatic carbocycles. The second-order valence-corrected chi connectivity index (χ2v) is 9.45. The van der Waals surface area contributed by atoms with Crippen LogP contribution in [0.4, 0.5) is 5.69 Å². The average molecular weight is 390 g/mol. The van der Waals surface area contributed by atoms with E-state index in [2.05, 4.69) is 18.6 Å². The molecule has 0 saturated carbocycles. The van der Waals surface area contributed by atoms with Gasteiger partial charge in [-0.15, -0.1) is 0 Å². The van der Waals surface area contributed by atoms with Crippen molar-refractivity contribution in [1.29, 1.82) is 0 Å². The number of rotatable bonds is 7. The molecule has 0 aliphatic rings. The fourth-order valence-corrected chi connectivity index (χ4v) is 4.82. The predicted octanol–water partition coefficient (Wildman–Crippen LogP) is 5.87. The van der Waals surface area contributed by atoms with Crippen LogP contribution in [0.5, 0.6) is 5.75 Å². The molecule has 0 bridgehead atoms. The van der Waals surface area contributed by atoms with E-state index in [4.69, 9.17) is 4.74 Å². The van der Waals surface area contributed by atoms with Gasteiger partial charge in [0.15, 0.2) is 0 Å². The second kappa shape index (κ2) is 8.34. The first-order chi connectivity index (χ1) is 12.6. The maximum Gasteiger partial charge on any atom is 0.262 e. The minimum Gasteiger partial charge on any atom is -0.497 e. The molecule has 2 aromatic carbocycles. The summed E-state index contributed by atoms with van der Waals surface area (Å²) in [7, 11) is -2.13. The highest BCUT2D eigenvalue weighted by Gasteiger charge is 2.27. The Morgan fingerprint density at radius 2 is 1.30 bits per heavy atom. The molecule has 0 aliphatic heterocycles. The van der Waals surface area contributed by atoms with Gasteiger partial charge < -0.3 is 4.74 Å². The van der Waals surface area contributed by atoms with Crippen molar-refractivity contribution in [2.24, 2.45) is 0 Å². The Labute approximate surface area is 164 Å². The lowest BCUT2D eigenvalue weighted by Crippen LogP contribution is -2.19. The molecule has 0 amide bonds. The fourth-order valence-electron chi connectivity index (χ4n) is 3.07. The molecule has 4 nitrogen and oxygen atoms in total. The second-order valence-electron chi connectivity index (χ2n) is 7.83. The number of hydrogen-bond acceptors (Lipinski definition) is 3. The Bertz CT molecular complexity index is 853. The summed E-state index contributed by atoms with van der Waals surface area (Å²) in [5, 5.41) is 0. The van der Waals surface area contributed by atoms with Crippen molar-refractivity contribution >= 4 is 15.7 Å². The third-order valence-corrected chi connectivity index (χ3v) is 6.20. The number of sulfonamides is 1. The standard InChI is InChI=1S/C22H31NO3S/c1-14(2)17-12-20(15(3)4)22(21(13-17)16(5)6)27(24,25)23-18-8-10-19(26-7)11-9-18/h8-16,23H,1-7H3. The smallest absolute Gasteiger partial charge is 0.262 e. The quantitative estimate of drug-likeness (QED) is 0.644. The Morgan fingerprint density at radius 3 is 1.67 bits per heavy atom. The van der Waals surface area contributed by atoms with Crippen LogP contribution in [0.3, 0.4) is 0 Å². The summed E-state index contributed by atoms with van der Waals surface area (Å²) in [5.74, 6) is 1.23. The lowest BCUT2D eigenvalue weighted by Gasteiger charge is -2.23. The molecular weight excluding hydrogens is 358 g/mol. The van der Waals surface area contributed by atoms with Gasteiger partial charge in [0.2, 0.25) is 0 Å². The molecule has 0 aromatic heterocycles. The Balaban J connectivity index is 2.62. The lowest BCUT2D eigenvalue weighted by molar-refractivity contribution is 0.415. The number of anilines is 1. The normalized spacial score (nSPS) is 12.1. The van der Waals surface area contributed by atoms with Crippen molar-refractivity contribution in [3.63, 3.8) is 0 Å². The van der Waals surface area contributed by atoms with Crippen molar-refractivity contribution in [2.75, 3.05) is 11.8 Å². The zero-order chi connectivity index (χ0) is 20.4. The van der Waals surface area contributed by atoms with Gasteiger partial charge in [-0.2, -0.15) is 0 Å². The van der Waals surface area contributed by atoms with Crippen molar-refractivity contribution in [2.45, 2.75) is 64.2 Å². The molecule has 27 heavy (non-hydrogen) atoms. The SMILES string of the molecule is COc1ccc(NS(=O)(=O)c2c(C(C)C)cc(C(C)C)cc2C(C)C)cc1. The van der Waals surface area contributed by atoms with Crippen molar-refractivity contribution in [3.8, 4) is 5.75 Å². The van der Waals surface area contributed by atoms with Gasteiger partial charge in [-0.3, -0.25) is 4.72 Å². The third kappa shape index (κ3) is 4.83. The first kappa shape index (κ1) is 21.3. The van der Waals surface area contributed by atoms with Crippen LogP contribution in [-0.4, -0.2) is 15.5 Å². The van der Waals surface area contributed by atoms with E-state index in [0.29, 0.717) is 22.3 Å². The number of hydrogen-bond donors (Lipinski definition) is 1. The highest BCUT2D eigenvalue weighted by atomic mass is 32.2. The van der Waals surface area contributed by atoms with E-state index in [-0.39, 0.29) is 11.8 Å². The molecule has 0 atom stereocenters. The van der Waals surface area contributed by atoms with Gasteiger partial charge in [0.25, 0.3) is 10.0 Å². The van der Waals surface area contributed by atoms with Crippen LogP contribution in [-0.2, 0) is 10.0 Å². The van der Waals surface area contributed by atoms with Crippen molar-refractivity contribution in [3.05, 3.63) is 53.1 Å². The molecule has 5 heteroatoms. The summed E-state index contributed by atoms with van der Waals surface area (Å²) in [6.07, 6.45) is 0. The monoisotopic (exact) mass is 389 g/mol. The summed E-state index contributed by atoms with van der Waals surface area (Å²) >= 11 is 0. The maximum absolute atomic E-state index is 13.3. The van der Waals surface area contributed by atoms with Crippen LogP contribution in [0.2, 0.25) is 0 Å². The highest BCUT2D eigenvalue weighted by Crippen LogP contribution is 2.36. The van der Waals surface area contributed by atoms with Gasteiger partial charge >= 0.3 is 0 Å². The van der Waals surface area contributed by atoms with E-state index in [1.165, 1.54) is 5.56 Å². The number of ether oxygens (including phenoxy) is 1. The fraction of sp³-hybridized carbons (Fsp3) is 0.455. The van der Waals surface area contributed by atoms with E-state index in [1.807, 2.05) is 39.8 Å². The van der Waals surface area contributed by atoms with Crippen LogP contribution in [0.15, 0.2) is 41.3 Å². The van der Waals surface area contributed by atoms with Gasteiger partial charge in [0, 0.05) is 5.69 Å². The molecule has 0 fully saturated rings. The van der Waals surface area contributed by atoms with E-state index in [0.717, 1.165) is 11.1 Å². The Morgan fingerprint density at radius 1 is 0.815 bits per heavy atom. The molecule has 2 aromatic rings. The highest BCUT2D eigenvalue weighted by molar-refractivity contribution is 7.92. The minimum absolute atomic E-state index is 0.101.